The van der Waals surface area contributed by atoms with Gasteiger partial charge in [0.15, 0.2) is 0 Å². The second kappa shape index (κ2) is 7.26. The van der Waals surface area contributed by atoms with Gasteiger partial charge in [-0.3, -0.25) is 9.59 Å². The van der Waals surface area contributed by atoms with E-state index in [2.05, 4.69) is 10.6 Å². The Morgan fingerprint density at radius 2 is 1.59 bits per heavy atom. The van der Waals surface area contributed by atoms with Crippen LogP contribution in [0.25, 0.3) is 0 Å². The highest BCUT2D eigenvalue weighted by Crippen LogP contribution is 2.25. The van der Waals surface area contributed by atoms with Crippen molar-refractivity contribution in [3.8, 4) is 5.75 Å². The average molecular weight is 298 g/mol. The minimum absolute atomic E-state index is 0.227. The predicted octanol–water partition coefficient (Wildman–Crippen LogP) is 3.30. The third-order valence-electron chi connectivity index (χ3n) is 2.92. The molecule has 0 heterocycles. The van der Waals surface area contributed by atoms with Crippen molar-refractivity contribution in [2.45, 2.75) is 13.8 Å². The van der Waals surface area contributed by atoms with Gasteiger partial charge in [-0.1, -0.05) is 24.3 Å². The van der Waals surface area contributed by atoms with Crippen LogP contribution in [0.2, 0.25) is 0 Å². The van der Waals surface area contributed by atoms with Crippen LogP contribution in [0, 0.1) is 0 Å². The highest BCUT2D eigenvalue weighted by Gasteiger charge is 2.13. The van der Waals surface area contributed by atoms with Crippen molar-refractivity contribution in [3.05, 3.63) is 54.1 Å². The quantitative estimate of drug-likeness (QED) is 0.890. The van der Waals surface area contributed by atoms with Crippen LogP contribution in [0.3, 0.4) is 0 Å². The number of nitrogens with one attached hydrogen (secondary N) is 2. The van der Waals surface area contributed by atoms with Gasteiger partial charge >= 0.3 is 0 Å². The van der Waals surface area contributed by atoms with Crippen LogP contribution in [-0.2, 0) is 4.79 Å². The number of carbonyl (C=O) groups is 2. The number of amides is 2. The molecule has 114 valence electrons. The van der Waals surface area contributed by atoms with Crippen molar-refractivity contribution in [2.75, 3.05) is 17.2 Å². The zero-order chi connectivity index (χ0) is 15.9. The Hall–Kier alpha value is -2.82. The van der Waals surface area contributed by atoms with Crippen molar-refractivity contribution >= 4 is 23.2 Å². The van der Waals surface area contributed by atoms with Crippen LogP contribution >= 0.6 is 0 Å². The zero-order valence-corrected chi connectivity index (χ0v) is 12.6. The molecule has 0 aromatic heterocycles. The van der Waals surface area contributed by atoms with E-state index in [0.29, 0.717) is 29.3 Å². The first kappa shape index (κ1) is 15.6. The molecule has 0 aliphatic carbocycles. The Morgan fingerprint density at radius 1 is 0.955 bits per heavy atom. The van der Waals surface area contributed by atoms with Crippen LogP contribution in [0.15, 0.2) is 48.5 Å². The van der Waals surface area contributed by atoms with Crippen LogP contribution in [0.4, 0.5) is 11.4 Å². The van der Waals surface area contributed by atoms with Gasteiger partial charge in [0.2, 0.25) is 5.91 Å². The lowest BCUT2D eigenvalue weighted by Crippen LogP contribution is -2.17. The monoisotopic (exact) mass is 298 g/mol. The number of hydrogen-bond donors (Lipinski definition) is 2. The minimum Gasteiger partial charge on any atom is -0.492 e. The molecule has 2 aromatic carbocycles. The second-order valence-corrected chi connectivity index (χ2v) is 4.61. The number of ether oxygens (including phenoxy) is 1. The van der Waals surface area contributed by atoms with Crippen LogP contribution < -0.4 is 15.4 Å². The van der Waals surface area contributed by atoms with E-state index in [9.17, 15) is 9.59 Å². The number of hydrogen-bond acceptors (Lipinski definition) is 3. The minimum atomic E-state index is -0.309. The fourth-order valence-electron chi connectivity index (χ4n) is 2.02. The van der Waals surface area contributed by atoms with Gasteiger partial charge in [0.05, 0.1) is 23.5 Å². The Morgan fingerprint density at radius 3 is 2.27 bits per heavy atom. The summed E-state index contributed by atoms with van der Waals surface area (Å²) in [5.74, 6) is 0.0711. The Balaban J connectivity index is 2.25. The molecular weight excluding hydrogens is 280 g/mol. The summed E-state index contributed by atoms with van der Waals surface area (Å²) in [5, 5.41) is 5.46. The van der Waals surface area contributed by atoms with E-state index in [4.69, 9.17) is 4.74 Å². The fourth-order valence-corrected chi connectivity index (χ4v) is 2.02. The van der Waals surface area contributed by atoms with Crippen molar-refractivity contribution in [3.63, 3.8) is 0 Å². The van der Waals surface area contributed by atoms with Gasteiger partial charge in [0, 0.05) is 6.92 Å². The molecular formula is C17H18N2O3. The molecule has 0 saturated carbocycles. The van der Waals surface area contributed by atoms with Crippen molar-refractivity contribution in [1.29, 1.82) is 0 Å². The lowest BCUT2D eigenvalue weighted by Gasteiger charge is -2.13. The number of anilines is 2. The third-order valence-corrected chi connectivity index (χ3v) is 2.92. The number of para-hydroxylation sites is 3. The predicted molar refractivity (Wildman–Crippen MR) is 86.3 cm³/mol. The van der Waals surface area contributed by atoms with Gasteiger partial charge in [-0.2, -0.15) is 0 Å². The van der Waals surface area contributed by atoms with Crippen molar-refractivity contribution in [1.82, 2.24) is 0 Å². The van der Waals surface area contributed by atoms with Crippen LogP contribution in [0.5, 0.6) is 5.75 Å². The summed E-state index contributed by atoms with van der Waals surface area (Å²) in [6, 6.07) is 14.1. The zero-order valence-electron chi connectivity index (χ0n) is 12.6. The first-order valence-corrected chi connectivity index (χ1v) is 7.01. The summed E-state index contributed by atoms with van der Waals surface area (Å²) in [6.45, 7) is 3.79. The van der Waals surface area contributed by atoms with Crippen LogP contribution in [0.1, 0.15) is 24.2 Å². The standard InChI is InChI=1S/C17H18N2O3/c1-3-22-16-11-7-6-10-15(16)19-17(21)13-8-4-5-9-14(13)18-12(2)20/h4-11H,3H2,1-2H3,(H,18,20)(H,19,21). The summed E-state index contributed by atoms with van der Waals surface area (Å²) < 4.78 is 5.48. The summed E-state index contributed by atoms with van der Waals surface area (Å²) in [4.78, 5) is 23.7. The maximum atomic E-state index is 12.5. The topological polar surface area (TPSA) is 67.4 Å². The molecule has 0 bridgehead atoms. The van der Waals surface area contributed by atoms with E-state index < -0.39 is 0 Å². The molecule has 2 N–H and O–H groups in total. The molecule has 0 radical (unpaired) electrons. The Kier molecular flexibility index (Phi) is 5.14. The average Bonchev–Trinajstić information content (AvgIpc) is 2.49. The molecule has 0 aliphatic heterocycles. The maximum Gasteiger partial charge on any atom is 0.257 e. The molecule has 0 aliphatic rings. The molecule has 2 rings (SSSR count). The maximum absolute atomic E-state index is 12.5. The Bertz CT molecular complexity index is 683. The van der Waals surface area contributed by atoms with Crippen molar-refractivity contribution in [2.24, 2.45) is 0 Å². The smallest absolute Gasteiger partial charge is 0.257 e. The summed E-state index contributed by atoms with van der Waals surface area (Å²) in [5.41, 5.74) is 1.46. The van der Waals surface area contributed by atoms with Gasteiger partial charge < -0.3 is 15.4 Å². The molecule has 0 fully saturated rings. The molecule has 0 spiro atoms. The summed E-state index contributed by atoms with van der Waals surface area (Å²) >= 11 is 0. The molecule has 2 aromatic rings. The molecule has 5 heteroatoms. The fraction of sp³-hybridized carbons (Fsp3) is 0.176. The van der Waals surface area contributed by atoms with E-state index >= 15 is 0 Å². The first-order valence-electron chi connectivity index (χ1n) is 7.01. The molecule has 2 amide bonds. The largest absolute Gasteiger partial charge is 0.492 e. The molecule has 0 unspecified atom stereocenters. The van der Waals surface area contributed by atoms with E-state index in [1.54, 1.807) is 36.4 Å². The molecule has 22 heavy (non-hydrogen) atoms. The Labute approximate surface area is 129 Å². The van der Waals surface area contributed by atoms with E-state index in [-0.39, 0.29) is 11.8 Å². The first-order chi connectivity index (χ1) is 10.6. The summed E-state index contributed by atoms with van der Waals surface area (Å²) in [6.07, 6.45) is 0. The number of carbonyl (C=O) groups excluding carboxylic acids is 2. The lowest BCUT2D eigenvalue weighted by atomic mass is 10.1. The normalized spacial score (nSPS) is 9.91. The van der Waals surface area contributed by atoms with E-state index in [0.717, 1.165) is 0 Å². The highest BCUT2D eigenvalue weighted by atomic mass is 16.5. The lowest BCUT2D eigenvalue weighted by molar-refractivity contribution is -0.114. The van der Waals surface area contributed by atoms with Gasteiger partial charge in [0.25, 0.3) is 5.91 Å². The van der Waals surface area contributed by atoms with Gasteiger partial charge in [0.1, 0.15) is 5.75 Å². The van der Waals surface area contributed by atoms with Crippen molar-refractivity contribution < 1.29 is 14.3 Å². The number of benzene rings is 2. The molecule has 5 nitrogen and oxygen atoms in total. The third kappa shape index (κ3) is 3.85. The number of rotatable bonds is 5. The summed E-state index contributed by atoms with van der Waals surface area (Å²) in [7, 11) is 0. The van der Waals surface area contributed by atoms with Gasteiger partial charge in [-0.05, 0) is 31.2 Å². The second-order valence-electron chi connectivity index (χ2n) is 4.61. The highest BCUT2D eigenvalue weighted by molar-refractivity contribution is 6.10. The van der Waals surface area contributed by atoms with Gasteiger partial charge in [-0.15, -0.1) is 0 Å². The van der Waals surface area contributed by atoms with E-state index in [1.807, 2.05) is 19.1 Å². The SMILES string of the molecule is CCOc1ccccc1NC(=O)c1ccccc1NC(C)=O. The molecule has 0 saturated heterocycles. The molecule has 0 atom stereocenters. The van der Waals surface area contributed by atoms with E-state index in [1.165, 1.54) is 6.92 Å². The van der Waals surface area contributed by atoms with Gasteiger partial charge in [-0.25, -0.2) is 0 Å². The van der Waals surface area contributed by atoms with Crippen LogP contribution in [-0.4, -0.2) is 18.4 Å².